The summed E-state index contributed by atoms with van der Waals surface area (Å²) in [5, 5.41) is 19.9. The highest BCUT2D eigenvalue weighted by atomic mass is 19.1. The molecule has 0 unspecified atom stereocenters. The highest BCUT2D eigenvalue weighted by molar-refractivity contribution is 5.96. The normalized spacial score (nSPS) is 23.4. The molecule has 6 rings (SSSR count). The maximum Gasteiger partial charge on any atom is 0.407 e. The lowest BCUT2D eigenvalue weighted by molar-refractivity contribution is -0.150. The van der Waals surface area contributed by atoms with Crippen molar-refractivity contribution in [1.29, 1.82) is 0 Å². The minimum atomic E-state index is -1.57. The number of likely N-dealkylation sites (N-methyl/N-ethyl adjacent to an activating group) is 2. The van der Waals surface area contributed by atoms with E-state index >= 15 is 0 Å². The Morgan fingerprint density at radius 1 is 0.656 bits per heavy atom. The smallest absolute Gasteiger partial charge is 0.407 e. The molecule has 0 aliphatic carbocycles. The molecule has 64 heavy (non-hydrogen) atoms. The number of hydrogen-bond acceptors (Lipinski definition) is 7. The molecule has 16 heteroatoms. The Balaban J connectivity index is 1.43. The van der Waals surface area contributed by atoms with Crippen molar-refractivity contribution in [1.82, 2.24) is 19.6 Å². The zero-order valence-corrected chi connectivity index (χ0v) is 38.0. The number of hydrogen-bond donors (Lipinski definition) is 4. The second kappa shape index (κ2) is 17.4. The van der Waals surface area contributed by atoms with E-state index in [4.69, 9.17) is 11.5 Å². The average Bonchev–Trinajstić information content (AvgIpc) is 3.99. The fourth-order valence-electron chi connectivity index (χ4n) is 10.8. The predicted octanol–water partition coefficient (Wildman–Crippen LogP) is 6.56. The largest absolute Gasteiger partial charge is 0.465 e. The molecule has 3 aliphatic rings. The van der Waals surface area contributed by atoms with Gasteiger partial charge in [-0.05, 0) is 95.9 Å². The lowest BCUT2D eigenvalue weighted by Crippen LogP contribution is -2.61. The van der Waals surface area contributed by atoms with Gasteiger partial charge in [-0.15, -0.1) is 0 Å². The van der Waals surface area contributed by atoms with Crippen molar-refractivity contribution >= 4 is 41.5 Å². The van der Waals surface area contributed by atoms with Crippen LogP contribution in [0.3, 0.4) is 0 Å². The van der Waals surface area contributed by atoms with Crippen LogP contribution in [0.1, 0.15) is 114 Å². The van der Waals surface area contributed by atoms with E-state index in [-0.39, 0.29) is 38.0 Å². The number of nitrogens with zero attached hydrogens (tertiary/aromatic N) is 5. The predicted molar refractivity (Wildman–Crippen MR) is 238 cm³/mol. The van der Waals surface area contributed by atoms with Crippen molar-refractivity contribution in [3.8, 4) is 0 Å². The summed E-state index contributed by atoms with van der Waals surface area (Å²) < 4.78 is 14.5. The summed E-state index contributed by atoms with van der Waals surface area (Å²) in [5.74, 6) is -2.93. The van der Waals surface area contributed by atoms with Gasteiger partial charge in [-0.3, -0.25) is 29.0 Å². The Morgan fingerprint density at radius 2 is 1.03 bits per heavy atom. The van der Waals surface area contributed by atoms with Crippen LogP contribution < -0.4 is 16.4 Å². The summed E-state index contributed by atoms with van der Waals surface area (Å²) in [7, 11) is 2.69. The first-order valence-corrected chi connectivity index (χ1v) is 21.8. The maximum atomic E-state index is 14.5. The number of benzene rings is 3. The van der Waals surface area contributed by atoms with E-state index in [0.717, 1.165) is 20.9 Å². The molecule has 3 saturated heterocycles. The van der Waals surface area contributed by atoms with Gasteiger partial charge in [-0.1, -0.05) is 90.1 Å². The zero-order chi connectivity index (χ0) is 47.3. The van der Waals surface area contributed by atoms with Gasteiger partial charge in [0.2, 0.25) is 23.6 Å². The average molecular weight is 884 g/mol. The minimum Gasteiger partial charge on any atom is -0.465 e. The molecule has 6 atom stereocenters. The first kappa shape index (κ1) is 47.3. The summed E-state index contributed by atoms with van der Waals surface area (Å²) in [6.07, 6.45) is 0.0121. The van der Waals surface area contributed by atoms with Gasteiger partial charge in [0.05, 0.1) is 12.1 Å². The van der Waals surface area contributed by atoms with Crippen molar-refractivity contribution in [3.05, 3.63) is 101 Å². The summed E-state index contributed by atoms with van der Waals surface area (Å²) >= 11 is 0. The second-order valence-electron chi connectivity index (χ2n) is 19.7. The Labute approximate surface area is 374 Å². The SMILES string of the molecule is CN(C(=O)O)[C@H](C(=O)N1CCC[C@@]1(C(N)=O)c1cccc([C@H]2CC[C@@H](c3cccc([C@]4(C(N)=O)CCCN4C(=O)[C@@H](N(C)C(=O)O)C(C)(C)C)c3)N2c2ccc(F)cc2)c1)C(C)(C)C. The molecule has 0 bridgehead atoms. The number of rotatable bonds is 11. The highest BCUT2D eigenvalue weighted by Crippen LogP contribution is 2.50. The third kappa shape index (κ3) is 8.22. The van der Waals surface area contributed by atoms with Crippen molar-refractivity contribution in [3.63, 3.8) is 0 Å². The number of anilines is 1. The summed E-state index contributed by atoms with van der Waals surface area (Å²) in [5.41, 5.74) is 11.0. The van der Waals surface area contributed by atoms with Crippen molar-refractivity contribution < 1.29 is 43.4 Å². The number of halogens is 1. The molecule has 3 fully saturated rings. The molecule has 3 aliphatic heterocycles. The molecule has 3 aromatic carbocycles. The Bertz CT molecular complexity index is 2170. The molecule has 6 N–H and O–H groups in total. The van der Waals surface area contributed by atoms with Gasteiger partial charge in [0.25, 0.3) is 0 Å². The van der Waals surface area contributed by atoms with Gasteiger partial charge < -0.3 is 36.4 Å². The van der Waals surface area contributed by atoms with E-state index in [0.29, 0.717) is 42.5 Å². The molecule has 0 saturated carbocycles. The molecule has 3 aromatic rings. The van der Waals surface area contributed by atoms with Crippen LogP contribution in [0.2, 0.25) is 0 Å². The minimum absolute atomic E-state index is 0.193. The van der Waals surface area contributed by atoms with Gasteiger partial charge in [-0.2, -0.15) is 0 Å². The van der Waals surface area contributed by atoms with Crippen LogP contribution in [0.25, 0.3) is 0 Å². The molecular formula is C48H62FN7O8. The van der Waals surface area contributed by atoms with E-state index in [1.807, 2.05) is 36.4 Å². The van der Waals surface area contributed by atoms with Gasteiger partial charge in [0.1, 0.15) is 29.0 Å². The quantitative estimate of drug-likeness (QED) is 0.164. The molecule has 3 heterocycles. The van der Waals surface area contributed by atoms with Crippen molar-refractivity contribution in [2.45, 2.75) is 115 Å². The van der Waals surface area contributed by atoms with E-state index in [2.05, 4.69) is 4.90 Å². The van der Waals surface area contributed by atoms with Gasteiger partial charge >= 0.3 is 12.2 Å². The van der Waals surface area contributed by atoms with E-state index in [9.17, 15) is 43.4 Å². The topological polar surface area (TPSA) is 211 Å². The van der Waals surface area contributed by atoms with Gasteiger partial charge in [-0.25, -0.2) is 14.0 Å². The number of nitrogens with two attached hydrogens (primary N) is 2. The molecule has 15 nitrogen and oxygen atoms in total. The van der Waals surface area contributed by atoms with Crippen LogP contribution in [-0.2, 0) is 30.3 Å². The first-order valence-electron chi connectivity index (χ1n) is 21.8. The van der Waals surface area contributed by atoms with Crippen molar-refractivity contribution in [2.75, 3.05) is 32.1 Å². The third-order valence-corrected chi connectivity index (χ3v) is 13.6. The molecule has 6 amide bonds. The van der Waals surface area contributed by atoms with Crippen LogP contribution in [0.15, 0.2) is 72.8 Å². The Hall–Kier alpha value is -6.19. The van der Waals surface area contributed by atoms with E-state index in [1.165, 1.54) is 36.0 Å². The van der Waals surface area contributed by atoms with E-state index < -0.39 is 75.6 Å². The van der Waals surface area contributed by atoms with Crippen LogP contribution in [0.4, 0.5) is 19.7 Å². The number of carbonyl (C=O) groups excluding carboxylic acids is 4. The van der Waals surface area contributed by atoms with Crippen LogP contribution in [0.5, 0.6) is 0 Å². The lowest BCUT2D eigenvalue weighted by Gasteiger charge is -2.43. The maximum absolute atomic E-state index is 14.5. The summed E-state index contributed by atoms with van der Waals surface area (Å²) in [6.45, 7) is 11.0. The van der Waals surface area contributed by atoms with Gasteiger partial charge in [0.15, 0.2) is 0 Å². The molecule has 344 valence electrons. The molecule has 0 radical (unpaired) electrons. The molecular weight excluding hydrogens is 822 g/mol. The fraction of sp³-hybridized carbons (Fsp3) is 0.500. The molecule has 0 spiro atoms. The number of carbonyl (C=O) groups is 6. The Morgan fingerprint density at radius 3 is 1.36 bits per heavy atom. The number of primary amides is 2. The fourth-order valence-corrected chi connectivity index (χ4v) is 10.8. The third-order valence-electron chi connectivity index (χ3n) is 13.6. The second-order valence-corrected chi connectivity index (χ2v) is 19.7. The number of carboxylic acid groups (broad SMARTS) is 2. The first-order chi connectivity index (χ1) is 29.9. The van der Waals surface area contributed by atoms with E-state index in [1.54, 1.807) is 65.8 Å². The Kier molecular flexibility index (Phi) is 12.9. The highest BCUT2D eigenvalue weighted by Gasteiger charge is 2.55. The molecule has 0 aromatic heterocycles. The number of likely N-dealkylation sites (tertiary alicyclic amines) is 2. The monoisotopic (exact) mass is 883 g/mol. The van der Waals surface area contributed by atoms with Gasteiger partial charge in [0, 0.05) is 32.9 Å². The van der Waals surface area contributed by atoms with Crippen LogP contribution in [-0.4, -0.2) is 105 Å². The number of amides is 6. The summed E-state index contributed by atoms with van der Waals surface area (Å²) in [4.78, 5) is 88.1. The lowest BCUT2D eigenvalue weighted by atomic mass is 9.81. The zero-order valence-electron chi connectivity index (χ0n) is 38.0. The summed E-state index contributed by atoms with van der Waals surface area (Å²) in [6, 6.07) is 18.0. The van der Waals surface area contributed by atoms with Crippen LogP contribution >= 0.6 is 0 Å². The van der Waals surface area contributed by atoms with Crippen LogP contribution in [0, 0.1) is 16.6 Å². The standard InChI is InChI=1S/C48H62FN7O8/c1-45(2,3)37(52(7)43(61)62)39(57)54-25-11-23-47(54,41(50)59)31-15-9-13-29(27-31)35-21-22-36(56(35)34-19-17-33(49)18-20-34)30-14-10-16-32(28-30)48(42(51)60)24-12-26-55(48)40(58)38(46(4,5)6)53(8)44(63)64/h9-10,13-20,27-28,35-38H,11-12,21-26H2,1-8H3,(H2,50,59)(H2,51,60)(H,61,62)(H,63,64)/t35-,36+,37-,38-,47+,48+/m1/s1. The van der Waals surface area contributed by atoms with Crippen molar-refractivity contribution in [2.24, 2.45) is 22.3 Å².